The van der Waals surface area contributed by atoms with Crippen LogP contribution in [0.1, 0.15) is 18.1 Å². The number of aryl methyl sites for hydroxylation is 1. The number of fused-ring (bicyclic) bond motifs is 1. The Morgan fingerprint density at radius 3 is 2.60 bits per heavy atom. The van der Waals surface area contributed by atoms with Gasteiger partial charge in [0.1, 0.15) is 9.96 Å². The molecule has 156 valence electrons. The Morgan fingerprint density at radius 2 is 1.90 bits per heavy atom. The fourth-order valence-electron chi connectivity index (χ4n) is 3.30. The first-order valence-electron chi connectivity index (χ1n) is 9.30. The van der Waals surface area contributed by atoms with Gasteiger partial charge in [0.2, 0.25) is 0 Å². The maximum atomic E-state index is 12.9. The summed E-state index contributed by atoms with van der Waals surface area (Å²) >= 11 is 6.91. The highest BCUT2D eigenvalue weighted by molar-refractivity contribution is 7.94. The number of ether oxygens (including phenoxy) is 1. The average Bonchev–Trinajstić information content (AvgIpc) is 3.32. The number of sulfonamides is 1. The zero-order valence-corrected chi connectivity index (χ0v) is 18.8. The van der Waals surface area contributed by atoms with Crippen LogP contribution in [0.25, 0.3) is 10.9 Å². The molecule has 0 fully saturated rings. The molecule has 0 atom stereocenters. The van der Waals surface area contributed by atoms with Gasteiger partial charge in [-0.15, -0.1) is 11.3 Å². The van der Waals surface area contributed by atoms with Gasteiger partial charge in [0, 0.05) is 0 Å². The second-order valence-corrected chi connectivity index (χ2v) is 10.3. The molecular formula is C21H20ClN3O3S2. The fraction of sp³-hybridized carbons (Fsp3) is 0.190. The third-order valence-corrected chi connectivity index (χ3v) is 7.80. The normalized spacial score (nSPS) is 11.7. The summed E-state index contributed by atoms with van der Waals surface area (Å²) in [6.07, 6.45) is 0.940. The van der Waals surface area contributed by atoms with Crippen LogP contribution in [-0.2, 0) is 23.0 Å². The van der Waals surface area contributed by atoms with E-state index in [1.54, 1.807) is 23.9 Å². The molecule has 2 heterocycles. The van der Waals surface area contributed by atoms with Gasteiger partial charge in [-0.3, -0.25) is 9.40 Å². The van der Waals surface area contributed by atoms with Gasteiger partial charge in [0.05, 0.1) is 28.9 Å². The van der Waals surface area contributed by atoms with E-state index in [0.29, 0.717) is 22.0 Å². The average molecular weight is 462 g/mol. The minimum atomic E-state index is -3.83. The predicted molar refractivity (Wildman–Crippen MR) is 121 cm³/mol. The van der Waals surface area contributed by atoms with Gasteiger partial charge < -0.3 is 4.74 Å². The van der Waals surface area contributed by atoms with Crippen molar-refractivity contribution in [2.45, 2.75) is 24.1 Å². The fourth-order valence-corrected chi connectivity index (χ4v) is 5.79. The molecule has 0 unspecified atom stereocenters. The second-order valence-electron chi connectivity index (χ2n) is 6.70. The maximum Gasteiger partial charge on any atom is 0.272 e. The van der Waals surface area contributed by atoms with Crippen molar-refractivity contribution in [2.24, 2.45) is 0 Å². The first kappa shape index (κ1) is 20.7. The van der Waals surface area contributed by atoms with Crippen LogP contribution < -0.4 is 9.46 Å². The molecule has 9 heteroatoms. The first-order chi connectivity index (χ1) is 14.4. The Balaban J connectivity index is 1.79. The lowest BCUT2D eigenvalue weighted by Gasteiger charge is -2.06. The molecule has 30 heavy (non-hydrogen) atoms. The minimum Gasteiger partial charge on any atom is -0.496 e. The van der Waals surface area contributed by atoms with Crippen LogP contribution in [0.3, 0.4) is 0 Å². The standard InChI is InChI=1S/C21H20ClN3O3S2/c1-3-14-6-4-7-15(12-14)13-25-16-8-5-9-17(28-2)20(16)21(23-25)24-30(26,27)19-11-10-18(22)29-19/h4-12H,3,13H2,1-2H3,(H,23,24). The number of halogens is 1. The van der Waals surface area contributed by atoms with Gasteiger partial charge >= 0.3 is 0 Å². The van der Waals surface area contributed by atoms with Gasteiger partial charge in [-0.25, -0.2) is 8.42 Å². The predicted octanol–water partition coefficient (Wildman–Crippen LogP) is 5.17. The van der Waals surface area contributed by atoms with Crippen molar-refractivity contribution >= 4 is 49.7 Å². The molecule has 0 amide bonds. The van der Waals surface area contributed by atoms with E-state index in [4.69, 9.17) is 16.3 Å². The van der Waals surface area contributed by atoms with Crippen LogP contribution in [0.2, 0.25) is 4.34 Å². The Kier molecular flexibility index (Phi) is 5.73. The van der Waals surface area contributed by atoms with E-state index >= 15 is 0 Å². The van der Waals surface area contributed by atoms with E-state index in [2.05, 4.69) is 28.9 Å². The Bertz CT molecular complexity index is 1310. The van der Waals surface area contributed by atoms with Crippen molar-refractivity contribution in [3.8, 4) is 5.75 Å². The minimum absolute atomic E-state index is 0.126. The summed E-state index contributed by atoms with van der Waals surface area (Å²) in [7, 11) is -2.28. The zero-order valence-electron chi connectivity index (χ0n) is 16.4. The first-order valence-corrected chi connectivity index (χ1v) is 12.0. The largest absolute Gasteiger partial charge is 0.496 e. The number of rotatable bonds is 7. The Morgan fingerprint density at radius 1 is 1.13 bits per heavy atom. The van der Waals surface area contributed by atoms with Gasteiger partial charge in [0.15, 0.2) is 5.82 Å². The van der Waals surface area contributed by atoms with E-state index in [1.807, 2.05) is 24.3 Å². The molecule has 1 N–H and O–H groups in total. The highest BCUT2D eigenvalue weighted by Gasteiger charge is 2.23. The van der Waals surface area contributed by atoms with Gasteiger partial charge in [0.25, 0.3) is 10.0 Å². The highest BCUT2D eigenvalue weighted by Crippen LogP contribution is 2.35. The lowest BCUT2D eigenvalue weighted by Crippen LogP contribution is -2.12. The van der Waals surface area contributed by atoms with E-state index in [0.717, 1.165) is 28.8 Å². The lowest BCUT2D eigenvalue weighted by atomic mass is 10.1. The summed E-state index contributed by atoms with van der Waals surface area (Å²) < 4.78 is 36.1. The number of hydrogen-bond acceptors (Lipinski definition) is 5. The number of hydrogen-bond donors (Lipinski definition) is 1. The van der Waals surface area contributed by atoms with Crippen molar-refractivity contribution in [1.82, 2.24) is 9.78 Å². The van der Waals surface area contributed by atoms with Crippen LogP contribution >= 0.6 is 22.9 Å². The molecule has 0 aliphatic carbocycles. The SMILES string of the molecule is CCc1cccc(Cn2nc(NS(=O)(=O)c3ccc(Cl)s3)c3c(OC)cccc32)c1. The number of benzene rings is 2. The highest BCUT2D eigenvalue weighted by atomic mass is 35.5. The quantitative estimate of drug-likeness (QED) is 0.412. The Hall–Kier alpha value is -2.55. The second kappa shape index (κ2) is 8.29. The summed E-state index contributed by atoms with van der Waals surface area (Å²) in [6, 6.07) is 16.8. The van der Waals surface area contributed by atoms with E-state index in [9.17, 15) is 8.42 Å². The number of anilines is 1. The number of thiophene rings is 1. The molecule has 0 saturated carbocycles. The molecule has 0 saturated heterocycles. The van der Waals surface area contributed by atoms with Crippen molar-refractivity contribution in [3.63, 3.8) is 0 Å². The topological polar surface area (TPSA) is 73.2 Å². The van der Waals surface area contributed by atoms with Crippen LogP contribution in [0.5, 0.6) is 5.75 Å². The molecule has 0 radical (unpaired) electrons. The number of aromatic nitrogens is 2. The molecule has 0 aliphatic heterocycles. The Labute approximate surface area is 184 Å². The molecule has 2 aromatic carbocycles. The monoisotopic (exact) mass is 461 g/mol. The third kappa shape index (κ3) is 4.03. The van der Waals surface area contributed by atoms with E-state index < -0.39 is 10.0 Å². The van der Waals surface area contributed by atoms with E-state index in [1.165, 1.54) is 11.6 Å². The maximum absolute atomic E-state index is 12.9. The van der Waals surface area contributed by atoms with Crippen LogP contribution in [0.15, 0.2) is 58.8 Å². The molecule has 4 aromatic rings. The number of methoxy groups -OCH3 is 1. The van der Waals surface area contributed by atoms with Crippen LogP contribution in [0.4, 0.5) is 5.82 Å². The summed E-state index contributed by atoms with van der Waals surface area (Å²) in [5, 5.41) is 5.19. The lowest BCUT2D eigenvalue weighted by molar-refractivity contribution is 0.420. The van der Waals surface area contributed by atoms with Gasteiger partial charge in [-0.05, 0) is 41.8 Å². The summed E-state index contributed by atoms with van der Waals surface area (Å²) in [5.74, 6) is 0.765. The van der Waals surface area contributed by atoms with Crippen molar-refractivity contribution in [2.75, 3.05) is 11.8 Å². The number of nitrogens with zero attached hydrogens (tertiary/aromatic N) is 2. The third-order valence-electron chi connectivity index (χ3n) is 4.74. The molecule has 6 nitrogen and oxygen atoms in total. The van der Waals surface area contributed by atoms with Crippen molar-refractivity contribution < 1.29 is 13.2 Å². The van der Waals surface area contributed by atoms with Gasteiger partial charge in [-0.1, -0.05) is 48.9 Å². The molecule has 4 rings (SSSR count). The van der Waals surface area contributed by atoms with E-state index in [-0.39, 0.29) is 10.0 Å². The summed E-state index contributed by atoms with van der Waals surface area (Å²) in [6.45, 7) is 2.61. The summed E-state index contributed by atoms with van der Waals surface area (Å²) in [5.41, 5.74) is 3.09. The molecular weight excluding hydrogens is 442 g/mol. The van der Waals surface area contributed by atoms with Crippen LogP contribution in [0, 0.1) is 0 Å². The molecule has 0 aliphatic rings. The molecule has 0 spiro atoms. The smallest absolute Gasteiger partial charge is 0.272 e. The van der Waals surface area contributed by atoms with Crippen LogP contribution in [-0.4, -0.2) is 25.3 Å². The number of nitrogens with one attached hydrogen (secondary N) is 1. The molecule has 0 bridgehead atoms. The van der Waals surface area contributed by atoms with Crippen molar-refractivity contribution in [3.05, 3.63) is 70.1 Å². The molecule has 2 aromatic heterocycles. The zero-order chi connectivity index (χ0) is 21.3. The van der Waals surface area contributed by atoms with Crippen molar-refractivity contribution in [1.29, 1.82) is 0 Å². The summed E-state index contributed by atoms with van der Waals surface area (Å²) in [4.78, 5) is 0. The van der Waals surface area contributed by atoms with Gasteiger partial charge in [-0.2, -0.15) is 5.10 Å².